The summed E-state index contributed by atoms with van der Waals surface area (Å²) in [6.45, 7) is 4.24. The molecule has 0 spiro atoms. The number of anilines is 1. The second kappa shape index (κ2) is 6.26. The molecule has 98 valence electrons. The van der Waals surface area contributed by atoms with Crippen molar-refractivity contribution < 1.29 is 0 Å². The smallest absolute Gasteiger partial charge is 0.199 e. The van der Waals surface area contributed by atoms with Gasteiger partial charge < -0.3 is 11.1 Å². The van der Waals surface area contributed by atoms with Crippen LogP contribution in [-0.4, -0.2) is 11.9 Å². The third-order valence-corrected chi connectivity index (χ3v) is 2.67. The molecule has 0 aromatic heterocycles. The fraction of sp³-hybridized carbons (Fsp3) is 0.333. The number of rotatable bonds is 3. The van der Waals surface area contributed by atoms with Gasteiger partial charge in [0.2, 0.25) is 0 Å². The minimum Gasteiger partial charge on any atom is -0.370 e. The van der Waals surface area contributed by atoms with Gasteiger partial charge in [0.15, 0.2) is 11.9 Å². The summed E-state index contributed by atoms with van der Waals surface area (Å²) in [4.78, 5) is 0. The number of nitrogens with one attached hydrogen (secondary N) is 4. The van der Waals surface area contributed by atoms with Crippen LogP contribution >= 0.6 is 11.6 Å². The molecule has 6 N–H and O–H groups in total. The number of benzene rings is 1. The van der Waals surface area contributed by atoms with Crippen LogP contribution in [0, 0.1) is 16.7 Å². The highest BCUT2D eigenvalue weighted by molar-refractivity contribution is 6.34. The number of guanidine groups is 2. The van der Waals surface area contributed by atoms with Crippen LogP contribution in [0.2, 0.25) is 5.02 Å². The van der Waals surface area contributed by atoms with Crippen molar-refractivity contribution in [3.05, 3.63) is 28.8 Å². The molecule has 1 aromatic carbocycles. The molecular weight excluding hydrogens is 250 g/mol. The van der Waals surface area contributed by atoms with Gasteiger partial charge in [-0.25, -0.2) is 0 Å². The molecule has 1 aromatic rings. The van der Waals surface area contributed by atoms with Gasteiger partial charge >= 0.3 is 0 Å². The zero-order chi connectivity index (χ0) is 13.7. The minimum absolute atomic E-state index is 0.0777. The fourth-order valence-electron chi connectivity index (χ4n) is 1.57. The van der Waals surface area contributed by atoms with Crippen molar-refractivity contribution in [3.63, 3.8) is 0 Å². The molecule has 18 heavy (non-hydrogen) atoms. The molecule has 0 amide bonds. The lowest BCUT2D eigenvalue weighted by Gasteiger charge is -2.14. The van der Waals surface area contributed by atoms with Gasteiger partial charge in [-0.2, -0.15) is 0 Å². The lowest BCUT2D eigenvalue weighted by Crippen LogP contribution is -2.39. The number of nitrogens with two attached hydrogens (primary N) is 1. The normalized spacial score (nSPS) is 10.2. The Balaban J connectivity index is 2.83. The molecule has 0 aliphatic rings. The van der Waals surface area contributed by atoms with E-state index < -0.39 is 0 Å². The average Bonchev–Trinajstić information content (AvgIpc) is 2.22. The summed E-state index contributed by atoms with van der Waals surface area (Å²) in [6, 6.07) is 5.63. The van der Waals surface area contributed by atoms with E-state index in [1.54, 1.807) is 6.07 Å². The van der Waals surface area contributed by atoms with Crippen LogP contribution in [-0.2, 0) is 6.42 Å². The third-order valence-electron chi connectivity index (χ3n) is 2.23. The van der Waals surface area contributed by atoms with Crippen LogP contribution in [0.1, 0.15) is 19.4 Å². The van der Waals surface area contributed by atoms with E-state index in [0.29, 0.717) is 16.6 Å². The molecule has 0 saturated carbocycles. The van der Waals surface area contributed by atoms with Gasteiger partial charge in [0, 0.05) is 0 Å². The topological polar surface area (TPSA) is 97.8 Å². The SMILES string of the molecule is CC(C)Cc1cccc(NC(=N)NC(=N)N)c1Cl. The van der Waals surface area contributed by atoms with Crippen molar-refractivity contribution in [1.29, 1.82) is 10.8 Å². The highest BCUT2D eigenvalue weighted by Gasteiger charge is 2.09. The molecule has 0 heterocycles. The molecule has 5 nitrogen and oxygen atoms in total. The standard InChI is InChI=1S/C12H18ClN5/c1-7(2)6-8-4-3-5-9(10(8)13)17-12(16)18-11(14)15/h3-5,7H,6H2,1-2H3,(H6,14,15,16,17,18). The van der Waals surface area contributed by atoms with Gasteiger partial charge in [-0.15, -0.1) is 0 Å². The summed E-state index contributed by atoms with van der Waals surface area (Å²) in [5.41, 5.74) is 6.81. The van der Waals surface area contributed by atoms with Crippen LogP contribution in [0.25, 0.3) is 0 Å². The second-order valence-corrected chi connectivity index (χ2v) is 4.79. The van der Waals surface area contributed by atoms with Crippen LogP contribution < -0.4 is 16.4 Å². The largest absolute Gasteiger partial charge is 0.370 e. The van der Waals surface area contributed by atoms with Crippen LogP contribution in [0.15, 0.2) is 18.2 Å². The van der Waals surface area contributed by atoms with Crippen LogP contribution in [0.4, 0.5) is 5.69 Å². The van der Waals surface area contributed by atoms with Crippen molar-refractivity contribution in [2.24, 2.45) is 11.7 Å². The number of hydrogen-bond acceptors (Lipinski definition) is 2. The van der Waals surface area contributed by atoms with E-state index in [-0.39, 0.29) is 11.9 Å². The quantitative estimate of drug-likeness (QED) is 0.429. The summed E-state index contributed by atoms with van der Waals surface area (Å²) >= 11 is 6.26. The summed E-state index contributed by atoms with van der Waals surface area (Å²) in [6.07, 6.45) is 0.877. The Morgan fingerprint density at radius 1 is 1.39 bits per heavy atom. The zero-order valence-electron chi connectivity index (χ0n) is 10.5. The maximum Gasteiger partial charge on any atom is 0.199 e. The fourth-order valence-corrected chi connectivity index (χ4v) is 1.82. The molecule has 6 heteroatoms. The molecule has 0 atom stereocenters. The van der Waals surface area contributed by atoms with E-state index in [9.17, 15) is 0 Å². The van der Waals surface area contributed by atoms with Crippen LogP contribution in [0.5, 0.6) is 0 Å². The van der Waals surface area contributed by atoms with Gasteiger partial charge in [-0.1, -0.05) is 37.6 Å². The van der Waals surface area contributed by atoms with E-state index in [0.717, 1.165) is 12.0 Å². The lowest BCUT2D eigenvalue weighted by molar-refractivity contribution is 0.647. The van der Waals surface area contributed by atoms with E-state index in [2.05, 4.69) is 24.5 Å². The summed E-state index contributed by atoms with van der Waals surface area (Å²) in [5, 5.41) is 20.3. The number of halogens is 1. The first-order valence-corrected chi connectivity index (χ1v) is 6.02. The maximum absolute atomic E-state index is 7.56. The molecule has 0 unspecified atom stereocenters. The molecule has 0 aliphatic carbocycles. The third kappa shape index (κ3) is 4.25. The zero-order valence-corrected chi connectivity index (χ0v) is 11.2. The second-order valence-electron chi connectivity index (χ2n) is 4.42. The Morgan fingerprint density at radius 3 is 2.61 bits per heavy atom. The Labute approximate surface area is 112 Å². The van der Waals surface area contributed by atoms with Crippen LogP contribution in [0.3, 0.4) is 0 Å². The predicted octanol–water partition coefficient (Wildman–Crippen LogP) is 2.37. The minimum atomic E-state index is -0.290. The first-order valence-electron chi connectivity index (χ1n) is 5.64. The van der Waals surface area contributed by atoms with Crippen molar-refractivity contribution in [1.82, 2.24) is 5.32 Å². The van der Waals surface area contributed by atoms with Crippen molar-refractivity contribution in [3.8, 4) is 0 Å². The Hall–Kier alpha value is -1.75. The Morgan fingerprint density at radius 2 is 2.06 bits per heavy atom. The van der Waals surface area contributed by atoms with Gasteiger partial charge in [0.25, 0.3) is 0 Å². The van der Waals surface area contributed by atoms with Gasteiger partial charge in [0.05, 0.1) is 10.7 Å². The van der Waals surface area contributed by atoms with E-state index in [1.807, 2.05) is 12.1 Å². The Bertz CT molecular complexity index is 456. The van der Waals surface area contributed by atoms with Crippen molar-refractivity contribution >= 4 is 29.2 Å². The first kappa shape index (κ1) is 14.3. The molecule has 0 saturated heterocycles. The summed E-state index contributed by atoms with van der Waals surface area (Å²) in [5.74, 6) is 0.139. The monoisotopic (exact) mass is 267 g/mol. The van der Waals surface area contributed by atoms with Gasteiger partial charge in [0.1, 0.15) is 0 Å². The molecular formula is C12H18ClN5. The van der Waals surface area contributed by atoms with E-state index in [1.165, 1.54) is 0 Å². The lowest BCUT2D eigenvalue weighted by atomic mass is 10.0. The van der Waals surface area contributed by atoms with E-state index >= 15 is 0 Å². The highest BCUT2D eigenvalue weighted by atomic mass is 35.5. The first-order chi connectivity index (χ1) is 8.40. The van der Waals surface area contributed by atoms with Gasteiger partial charge in [-0.3, -0.25) is 16.1 Å². The molecule has 0 radical (unpaired) electrons. The van der Waals surface area contributed by atoms with Crippen molar-refractivity contribution in [2.75, 3.05) is 5.32 Å². The molecule has 0 fully saturated rings. The van der Waals surface area contributed by atoms with Gasteiger partial charge in [-0.05, 0) is 24.0 Å². The molecule has 1 rings (SSSR count). The maximum atomic E-state index is 7.56. The Kier molecular flexibility index (Phi) is 4.97. The average molecular weight is 268 g/mol. The van der Waals surface area contributed by atoms with Crippen molar-refractivity contribution in [2.45, 2.75) is 20.3 Å². The molecule has 0 bridgehead atoms. The number of hydrogen-bond donors (Lipinski definition) is 5. The predicted molar refractivity (Wildman–Crippen MR) is 76.4 cm³/mol. The summed E-state index contributed by atoms with van der Waals surface area (Å²) in [7, 11) is 0. The van der Waals surface area contributed by atoms with E-state index in [4.69, 9.17) is 28.2 Å². The highest BCUT2D eigenvalue weighted by Crippen LogP contribution is 2.27. The molecule has 0 aliphatic heterocycles. The summed E-state index contributed by atoms with van der Waals surface area (Å²) < 4.78 is 0.